The van der Waals surface area contributed by atoms with Crippen molar-refractivity contribution in [2.75, 3.05) is 26.3 Å². The van der Waals surface area contributed by atoms with Crippen LogP contribution in [0.3, 0.4) is 0 Å². The summed E-state index contributed by atoms with van der Waals surface area (Å²) in [5, 5.41) is 3.24. The summed E-state index contributed by atoms with van der Waals surface area (Å²) in [4.78, 5) is 15.1. The Kier molecular flexibility index (Phi) is 5.31. The predicted molar refractivity (Wildman–Crippen MR) is 108 cm³/mol. The maximum atomic E-state index is 12.9. The first kappa shape index (κ1) is 18.9. The van der Waals surface area contributed by atoms with E-state index < -0.39 is 0 Å². The average Bonchev–Trinajstić information content (AvgIpc) is 3.17. The molecule has 2 aliphatic heterocycles. The van der Waals surface area contributed by atoms with E-state index >= 15 is 0 Å². The monoisotopic (exact) mass is 383 g/mol. The van der Waals surface area contributed by atoms with Crippen molar-refractivity contribution in [1.29, 1.82) is 0 Å². The summed E-state index contributed by atoms with van der Waals surface area (Å²) in [5.74, 6) is 1.85. The Morgan fingerprint density at radius 1 is 1.18 bits per heavy atom. The van der Waals surface area contributed by atoms with Crippen molar-refractivity contribution in [2.24, 2.45) is 5.92 Å². The molecule has 0 fully saturated rings. The molecule has 150 valence electrons. The average molecular weight is 383 g/mol. The molecule has 1 N–H and O–H groups in total. The quantitative estimate of drug-likeness (QED) is 0.862. The summed E-state index contributed by atoms with van der Waals surface area (Å²) in [5.41, 5.74) is 2.32. The van der Waals surface area contributed by atoms with Gasteiger partial charge < -0.3 is 19.4 Å². The summed E-state index contributed by atoms with van der Waals surface area (Å²) >= 11 is 0. The molecule has 3 heterocycles. The van der Waals surface area contributed by atoms with Gasteiger partial charge in [0.15, 0.2) is 11.5 Å². The number of rotatable bonds is 5. The van der Waals surface area contributed by atoms with Gasteiger partial charge in [-0.15, -0.1) is 0 Å². The topological polar surface area (TPSA) is 55.7 Å². The molecule has 0 saturated heterocycles. The molecule has 2 aromatic rings. The summed E-state index contributed by atoms with van der Waals surface area (Å²) in [6.45, 7) is 9.76. The molecule has 0 radical (unpaired) electrons. The number of fused-ring (bicyclic) bond motifs is 2. The van der Waals surface area contributed by atoms with E-state index in [1.807, 2.05) is 18.2 Å². The predicted octanol–water partition coefficient (Wildman–Crippen LogP) is 3.15. The zero-order valence-electron chi connectivity index (χ0n) is 16.9. The Morgan fingerprint density at radius 2 is 1.96 bits per heavy atom. The molecule has 0 aliphatic carbocycles. The minimum Gasteiger partial charge on any atom is -0.486 e. The lowest BCUT2D eigenvalue weighted by atomic mass is 9.95. The van der Waals surface area contributed by atoms with Gasteiger partial charge in [0.2, 0.25) is 5.91 Å². The first-order chi connectivity index (χ1) is 13.5. The first-order valence-electron chi connectivity index (χ1n) is 10.1. The number of nitrogens with one attached hydrogen (secondary N) is 1. The van der Waals surface area contributed by atoms with Crippen LogP contribution in [0.1, 0.15) is 44.1 Å². The number of benzene rings is 1. The second-order valence-electron chi connectivity index (χ2n) is 7.97. The van der Waals surface area contributed by atoms with Crippen molar-refractivity contribution >= 4 is 5.91 Å². The third-order valence-electron chi connectivity index (χ3n) is 5.72. The van der Waals surface area contributed by atoms with Crippen molar-refractivity contribution in [3.63, 3.8) is 0 Å². The number of hydrogen-bond acceptors (Lipinski definition) is 4. The third-order valence-corrected chi connectivity index (χ3v) is 5.72. The number of hydrogen-bond donors (Lipinski definition) is 1. The molecule has 0 unspecified atom stereocenters. The standard InChI is InChI=1S/C22H29N3O3/c1-15(2)22(17-6-7-19-20(13-17)28-12-11-27-19)23-21(26)14-25-10-9-24-8-4-5-18(24)16(25)3/h4-8,13,15-16,22H,9-12,14H2,1-3H3,(H,23,26)/t16-,22-/m0/s1. The van der Waals surface area contributed by atoms with Crippen LogP contribution in [0.2, 0.25) is 0 Å². The molecule has 1 aromatic heterocycles. The number of ether oxygens (including phenoxy) is 2. The van der Waals surface area contributed by atoms with Crippen molar-refractivity contribution in [1.82, 2.24) is 14.8 Å². The number of aromatic nitrogens is 1. The Bertz CT molecular complexity index is 845. The molecule has 6 heteroatoms. The molecule has 6 nitrogen and oxygen atoms in total. The molecular weight excluding hydrogens is 354 g/mol. The summed E-state index contributed by atoms with van der Waals surface area (Å²) < 4.78 is 13.6. The third kappa shape index (κ3) is 3.74. The molecule has 28 heavy (non-hydrogen) atoms. The van der Waals surface area contributed by atoms with Crippen LogP contribution in [0.15, 0.2) is 36.5 Å². The van der Waals surface area contributed by atoms with Crippen LogP contribution in [0.25, 0.3) is 0 Å². The highest BCUT2D eigenvalue weighted by Gasteiger charge is 2.27. The van der Waals surface area contributed by atoms with Crippen LogP contribution >= 0.6 is 0 Å². The fraction of sp³-hybridized carbons (Fsp3) is 0.500. The normalized spacial score (nSPS) is 19.9. The van der Waals surface area contributed by atoms with Gasteiger partial charge in [0, 0.05) is 31.0 Å². The van der Waals surface area contributed by atoms with Crippen molar-refractivity contribution in [2.45, 2.75) is 39.4 Å². The van der Waals surface area contributed by atoms with E-state index in [9.17, 15) is 4.79 Å². The zero-order chi connectivity index (χ0) is 19.7. The zero-order valence-corrected chi connectivity index (χ0v) is 16.9. The smallest absolute Gasteiger partial charge is 0.234 e. The van der Waals surface area contributed by atoms with Gasteiger partial charge in [-0.2, -0.15) is 0 Å². The number of nitrogens with zero attached hydrogens (tertiary/aromatic N) is 2. The van der Waals surface area contributed by atoms with Gasteiger partial charge in [-0.1, -0.05) is 19.9 Å². The van der Waals surface area contributed by atoms with E-state index in [0.29, 0.717) is 19.8 Å². The number of carbonyl (C=O) groups is 1. The Morgan fingerprint density at radius 3 is 2.75 bits per heavy atom. The molecule has 0 spiro atoms. The SMILES string of the molecule is CC(C)[C@H](NC(=O)CN1CCn2cccc2[C@@H]1C)c1ccc2c(c1)OCCO2. The first-order valence-corrected chi connectivity index (χ1v) is 10.1. The van der Waals surface area contributed by atoms with Crippen molar-refractivity contribution < 1.29 is 14.3 Å². The Hall–Kier alpha value is -2.47. The summed E-state index contributed by atoms with van der Waals surface area (Å²) in [7, 11) is 0. The molecular formula is C22H29N3O3. The number of amides is 1. The maximum absolute atomic E-state index is 12.9. The van der Waals surface area contributed by atoms with Crippen LogP contribution < -0.4 is 14.8 Å². The second kappa shape index (κ2) is 7.87. The number of carbonyl (C=O) groups excluding carboxylic acids is 1. The van der Waals surface area contributed by atoms with Gasteiger partial charge in [0.1, 0.15) is 13.2 Å². The molecule has 2 atom stereocenters. The van der Waals surface area contributed by atoms with E-state index in [1.54, 1.807) is 0 Å². The van der Waals surface area contributed by atoms with Gasteiger partial charge in [0.05, 0.1) is 12.6 Å². The largest absolute Gasteiger partial charge is 0.486 e. The van der Waals surface area contributed by atoms with Crippen LogP contribution in [0.4, 0.5) is 0 Å². The van der Waals surface area contributed by atoms with Gasteiger partial charge in [-0.3, -0.25) is 9.69 Å². The van der Waals surface area contributed by atoms with E-state index in [1.165, 1.54) is 5.69 Å². The Labute approximate surface area is 166 Å². The van der Waals surface area contributed by atoms with Crippen LogP contribution in [0.5, 0.6) is 11.5 Å². The van der Waals surface area contributed by atoms with Gasteiger partial charge in [0.25, 0.3) is 0 Å². The van der Waals surface area contributed by atoms with Crippen molar-refractivity contribution in [3.8, 4) is 11.5 Å². The van der Waals surface area contributed by atoms with Crippen LogP contribution in [0, 0.1) is 5.92 Å². The lowest BCUT2D eigenvalue weighted by Gasteiger charge is -2.35. The van der Waals surface area contributed by atoms with Gasteiger partial charge in [-0.25, -0.2) is 0 Å². The minimum absolute atomic E-state index is 0.0560. The fourth-order valence-electron chi connectivity index (χ4n) is 4.13. The minimum atomic E-state index is -0.0627. The molecule has 2 aliphatic rings. The van der Waals surface area contributed by atoms with Crippen molar-refractivity contribution in [3.05, 3.63) is 47.8 Å². The lowest BCUT2D eigenvalue weighted by molar-refractivity contribution is -0.124. The van der Waals surface area contributed by atoms with Gasteiger partial charge in [-0.05, 0) is 42.7 Å². The van der Waals surface area contributed by atoms with E-state index in [0.717, 1.165) is 30.2 Å². The maximum Gasteiger partial charge on any atom is 0.234 e. The fourth-order valence-corrected chi connectivity index (χ4v) is 4.13. The molecule has 1 amide bonds. The highest BCUT2D eigenvalue weighted by atomic mass is 16.6. The Balaban J connectivity index is 1.44. The summed E-state index contributed by atoms with van der Waals surface area (Å²) in [6.07, 6.45) is 2.11. The highest BCUT2D eigenvalue weighted by Crippen LogP contribution is 2.34. The van der Waals surface area contributed by atoms with E-state index in [-0.39, 0.29) is 23.9 Å². The van der Waals surface area contributed by atoms with Crippen LogP contribution in [-0.4, -0.2) is 41.7 Å². The van der Waals surface area contributed by atoms with E-state index in [2.05, 4.69) is 53.9 Å². The molecule has 0 bridgehead atoms. The molecule has 4 rings (SSSR count). The van der Waals surface area contributed by atoms with Crippen LogP contribution in [-0.2, 0) is 11.3 Å². The molecule has 1 aromatic carbocycles. The molecule has 0 saturated carbocycles. The van der Waals surface area contributed by atoms with Gasteiger partial charge >= 0.3 is 0 Å². The lowest BCUT2D eigenvalue weighted by Crippen LogP contribution is -2.44. The van der Waals surface area contributed by atoms with E-state index in [4.69, 9.17) is 9.47 Å². The second-order valence-corrected chi connectivity index (χ2v) is 7.97. The highest BCUT2D eigenvalue weighted by molar-refractivity contribution is 5.78. The summed E-state index contributed by atoms with van der Waals surface area (Å²) in [6, 6.07) is 10.3.